The molecular formula is C13H18BrNO. The SMILES string of the molecule is Cc1ccc(NC(=O)CCC(C)C)cc1Br. The van der Waals surface area contributed by atoms with Gasteiger partial charge in [0.15, 0.2) is 0 Å². The van der Waals surface area contributed by atoms with E-state index in [0.717, 1.165) is 16.6 Å². The van der Waals surface area contributed by atoms with Gasteiger partial charge in [-0.1, -0.05) is 35.8 Å². The summed E-state index contributed by atoms with van der Waals surface area (Å²) in [5, 5.41) is 2.90. The van der Waals surface area contributed by atoms with Crippen molar-refractivity contribution in [3.05, 3.63) is 28.2 Å². The highest BCUT2D eigenvalue weighted by atomic mass is 79.9. The lowest BCUT2D eigenvalue weighted by atomic mass is 10.1. The van der Waals surface area contributed by atoms with Crippen LogP contribution in [0.25, 0.3) is 0 Å². The van der Waals surface area contributed by atoms with Gasteiger partial charge in [0.2, 0.25) is 5.91 Å². The van der Waals surface area contributed by atoms with Crippen molar-refractivity contribution in [1.82, 2.24) is 0 Å². The normalized spacial score (nSPS) is 10.6. The van der Waals surface area contributed by atoms with Crippen LogP contribution in [0.1, 0.15) is 32.3 Å². The molecule has 0 unspecified atom stereocenters. The molecule has 0 spiro atoms. The molecule has 0 aliphatic heterocycles. The molecule has 1 N–H and O–H groups in total. The zero-order valence-electron chi connectivity index (χ0n) is 10.0. The first-order valence-corrected chi connectivity index (χ1v) is 6.34. The number of amides is 1. The molecule has 0 aliphatic carbocycles. The summed E-state index contributed by atoms with van der Waals surface area (Å²) in [7, 11) is 0. The number of aryl methyl sites for hydroxylation is 1. The monoisotopic (exact) mass is 283 g/mol. The third kappa shape index (κ3) is 4.35. The smallest absolute Gasteiger partial charge is 0.224 e. The molecule has 0 atom stereocenters. The summed E-state index contributed by atoms with van der Waals surface area (Å²) in [6.07, 6.45) is 1.52. The van der Waals surface area contributed by atoms with Crippen LogP contribution in [0.2, 0.25) is 0 Å². The van der Waals surface area contributed by atoms with Gasteiger partial charge in [0.05, 0.1) is 0 Å². The van der Waals surface area contributed by atoms with Crippen molar-refractivity contribution in [2.45, 2.75) is 33.6 Å². The Balaban J connectivity index is 2.53. The number of benzene rings is 1. The van der Waals surface area contributed by atoms with Crippen LogP contribution in [-0.2, 0) is 4.79 Å². The highest BCUT2D eigenvalue weighted by Gasteiger charge is 2.04. The first-order chi connectivity index (χ1) is 7.49. The van der Waals surface area contributed by atoms with Crippen molar-refractivity contribution in [1.29, 1.82) is 0 Å². The maximum Gasteiger partial charge on any atom is 0.224 e. The van der Waals surface area contributed by atoms with E-state index in [4.69, 9.17) is 0 Å². The van der Waals surface area contributed by atoms with Crippen LogP contribution in [0, 0.1) is 12.8 Å². The van der Waals surface area contributed by atoms with Gasteiger partial charge in [-0.3, -0.25) is 4.79 Å². The largest absolute Gasteiger partial charge is 0.326 e. The number of halogens is 1. The highest BCUT2D eigenvalue weighted by Crippen LogP contribution is 2.20. The van der Waals surface area contributed by atoms with E-state index in [1.54, 1.807) is 0 Å². The van der Waals surface area contributed by atoms with E-state index in [2.05, 4.69) is 35.1 Å². The van der Waals surface area contributed by atoms with Gasteiger partial charge >= 0.3 is 0 Å². The Bertz CT molecular complexity index is 374. The van der Waals surface area contributed by atoms with Crippen molar-refractivity contribution >= 4 is 27.5 Å². The van der Waals surface area contributed by atoms with E-state index in [9.17, 15) is 4.79 Å². The van der Waals surface area contributed by atoms with E-state index in [1.807, 2.05) is 25.1 Å². The average Bonchev–Trinajstić information content (AvgIpc) is 2.21. The summed E-state index contributed by atoms with van der Waals surface area (Å²) in [6.45, 7) is 6.26. The van der Waals surface area contributed by atoms with Crippen LogP contribution in [0.15, 0.2) is 22.7 Å². The number of hydrogen-bond donors (Lipinski definition) is 1. The number of anilines is 1. The molecule has 0 aromatic heterocycles. The third-order valence-corrected chi connectivity index (χ3v) is 3.26. The van der Waals surface area contributed by atoms with E-state index < -0.39 is 0 Å². The predicted molar refractivity (Wildman–Crippen MR) is 71.6 cm³/mol. The molecule has 0 radical (unpaired) electrons. The predicted octanol–water partition coefficient (Wildman–Crippen LogP) is 4.13. The molecule has 1 amide bonds. The van der Waals surface area contributed by atoms with Gasteiger partial charge in [0, 0.05) is 16.6 Å². The van der Waals surface area contributed by atoms with Gasteiger partial charge in [0.25, 0.3) is 0 Å². The van der Waals surface area contributed by atoms with E-state index >= 15 is 0 Å². The van der Waals surface area contributed by atoms with E-state index in [0.29, 0.717) is 12.3 Å². The number of hydrogen-bond acceptors (Lipinski definition) is 1. The van der Waals surface area contributed by atoms with Crippen molar-refractivity contribution in [3.8, 4) is 0 Å². The summed E-state index contributed by atoms with van der Waals surface area (Å²) >= 11 is 3.45. The minimum atomic E-state index is 0.0875. The first kappa shape index (κ1) is 13.2. The second kappa shape index (κ2) is 6.04. The number of carbonyl (C=O) groups is 1. The molecule has 2 nitrogen and oxygen atoms in total. The summed E-state index contributed by atoms with van der Waals surface area (Å²) in [4.78, 5) is 11.6. The van der Waals surface area contributed by atoms with Gasteiger partial charge in [-0.25, -0.2) is 0 Å². The maximum atomic E-state index is 11.6. The van der Waals surface area contributed by atoms with Crippen molar-refractivity contribution in [2.75, 3.05) is 5.32 Å². The minimum absolute atomic E-state index is 0.0875. The average molecular weight is 284 g/mol. The highest BCUT2D eigenvalue weighted by molar-refractivity contribution is 9.10. The molecule has 16 heavy (non-hydrogen) atoms. The lowest BCUT2D eigenvalue weighted by molar-refractivity contribution is -0.116. The van der Waals surface area contributed by atoms with Crippen LogP contribution >= 0.6 is 15.9 Å². The van der Waals surface area contributed by atoms with Crippen LogP contribution < -0.4 is 5.32 Å². The zero-order chi connectivity index (χ0) is 12.1. The van der Waals surface area contributed by atoms with Crippen LogP contribution in [-0.4, -0.2) is 5.91 Å². The van der Waals surface area contributed by atoms with Crippen LogP contribution in [0.4, 0.5) is 5.69 Å². The molecular weight excluding hydrogens is 266 g/mol. The van der Waals surface area contributed by atoms with Gasteiger partial charge in [0.1, 0.15) is 0 Å². The van der Waals surface area contributed by atoms with E-state index in [-0.39, 0.29) is 5.91 Å². The lowest BCUT2D eigenvalue weighted by Crippen LogP contribution is -2.12. The third-order valence-electron chi connectivity index (χ3n) is 2.40. The molecule has 0 fully saturated rings. The number of rotatable bonds is 4. The van der Waals surface area contributed by atoms with Crippen molar-refractivity contribution in [2.24, 2.45) is 5.92 Å². The zero-order valence-corrected chi connectivity index (χ0v) is 11.6. The molecule has 1 aromatic rings. The topological polar surface area (TPSA) is 29.1 Å². The first-order valence-electron chi connectivity index (χ1n) is 5.55. The van der Waals surface area contributed by atoms with Gasteiger partial charge in [-0.2, -0.15) is 0 Å². The van der Waals surface area contributed by atoms with Crippen LogP contribution in [0.5, 0.6) is 0 Å². The Kier molecular flexibility index (Phi) is 5.00. The molecule has 0 aliphatic rings. The summed E-state index contributed by atoms with van der Waals surface area (Å²) in [6, 6.07) is 5.85. The molecule has 3 heteroatoms. The summed E-state index contributed by atoms with van der Waals surface area (Å²) in [5.41, 5.74) is 2.02. The molecule has 1 rings (SSSR count). The lowest BCUT2D eigenvalue weighted by Gasteiger charge is -2.08. The summed E-state index contributed by atoms with van der Waals surface area (Å²) in [5.74, 6) is 0.653. The molecule has 0 heterocycles. The van der Waals surface area contributed by atoms with Crippen molar-refractivity contribution < 1.29 is 4.79 Å². The quantitative estimate of drug-likeness (QED) is 0.884. The molecule has 0 saturated heterocycles. The molecule has 0 saturated carbocycles. The number of nitrogens with one attached hydrogen (secondary N) is 1. The summed E-state index contributed by atoms with van der Waals surface area (Å²) < 4.78 is 1.02. The Morgan fingerprint density at radius 2 is 2.12 bits per heavy atom. The van der Waals surface area contributed by atoms with Crippen molar-refractivity contribution in [3.63, 3.8) is 0 Å². The second-order valence-corrected chi connectivity index (χ2v) is 5.30. The molecule has 88 valence electrons. The fourth-order valence-corrected chi connectivity index (χ4v) is 1.69. The molecule has 1 aromatic carbocycles. The Morgan fingerprint density at radius 3 is 2.69 bits per heavy atom. The Labute approximate surface area is 106 Å². The Morgan fingerprint density at radius 1 is 1.44 bits per heavy atom. The Hall–Kier alpha value is -0.830. The maximum absolute atomic E-state index is 11.6. The standard InChI is InChI=1S/C13H18BrNO/c1-9(2)4-7-13(16)15-11-6-5-10(3)12(14)8-11/h5-6,8-9H,4,7H2,1-3H3,(H,15,16). The van der Waals surface area contributed by atoms with Gasteiger partial charge < -0.3 is 5.32 Å². The molecule has 0 bridgehead atoms. The van der Waals surface area contributed by atoms with Gasteiger partial charge in [-0.15, -0.1) is 0 Å². The second-order valence-electron chi connectivity index (χ2n) is 4.44. The van der Waals surface area contributed by atoms with E-state index in [1.165, 1.54) is 5.56 Å². The fraction of sp³-hybridized carbons (Fsp3) is 0.462. The van der Waals surface area contributed by atoms with Crippen LogP contribution in [0.3, 0.4) is 0 Å². The fourth-order valence-electron chi connectivity index (χ4n) is 1.31. The van der Waals surface area contributed by atoms with Gasteiger partial charge in [-0.05, 0) is 37.0 Å². The minimum Gasteiger partial charge on any atom is -0.326 e. The number of carbonyl (C=O) groups excluding carboxylic acids is 1.